The quantitative estimate of drug-likeness (QED) is 0.880. The van der Waals surface area contributed by atoms with E-state index < -0.39 is 0 Å². The molecule has 0 saturated heterocycles. The highest BCUT2D eigenvalue weighted by molar-refractivity contribution is 6.31. The lowest BCUT2D eigenvalue weighted by atomic mass is 10.2. The molecule has 0 aliphatic heterocycles. The van der Waals surface area contributed by atoms with Gasteiger partial charge in [-0.05, 0) is 38.5 Å². The summed E-state index contributed by atoms with van der Waals surface area (Å²) in [7, 11) is 0. The number of anilines is 1. The number of aryl methyl sites for hydroxylation is 1. The van der Waals surface area contributed by atoms with Crippen LogP contribution in [0.5, 0.6) is 0 Å². The average Bonchev–Trinajstić information content (AvgIpc) is 2.21. The van der Waals surface area contributed by atoms with Gasteiger partial charge in [0.05, 0.1) is 6.10 Å². The van der Waals surface area contributed by atoms with Gasteiger partial charge in [-0.1, -0.05) is 17.7 Å². The number of carbonyl (C=O) groups excluding carboxylic acids is 1. The first-order valence-corrected chi connectivity index (χ1v) is 5.54. The summed E-state index contributed by atoms with van der Waals surface area (Å²) >= 11 is 5.94. The van der Waals surface area contributed by atoms with E-state index in [2.05, 4.69) is 5.32 Å². The number of amides is 1. The molecule has 88 valence electrons. The first-order chi connectivity index (χ1) is 7.49. The zero-order valence-corrected chi connectivity index (χ0v) is 10.5. The van der Waals surface area contributed by atoms with Crippen LogP contribution in [0.3, 0.4) is 0 Å². The topological polar surface area (TPSA) is 38.3 Å². The second-order valence-corrected chi connectivity index (χ2v) is 4.28. The molecule has 0 radical (unpaired) electrons. The van der Waals surface area contributed by atoms with E-state index in [-0.39, 0.29) is 18.6 Å². The first-order valence-electron chi connectivity index (χ1n) is 5.16. The van der Waals surface area contributed by atoms with Gasteiger partial charge in [-0.25, -0.2) is 0 Å². The van der Waals surface area contributed by atoms with Crippen LogP contribution in [0.25, 0.3) is 0 Å². The molecule has 1 N–H and O–H groups in total. The Kier molecular flexibility index (Phi) is 4.77. The largest absolute Gasteiger partial charge is 0.369 e. The van der Waals surface area contributed by atoms with Gasteiger partial charge in [-0.3, -0.25) is 4.79 Å². The molecule has 0 bridgehead atoms. The second kappa shape index (κ2) is 5.87. The van der Waals surface area contributed by atoms with Gasteiger partial charge in [-0.15, -0.1) is 0 Å². The fraction of sp³-hybridized carbons (Fsp3) is 0.417. The molecule has 0 fully saturated rings. The highest BCUT2D eigenvalue weighted by Gasteiger charge is 2.05. The van der Waals surface area contributed by atoms with Crippen LogP contribution < -0.4 is 5.32 Å². The Hall–Kier alpha value is -1.06. The Balaban J connectivity index is 2.53. The summed E-state index contributed by atoms with van der Waals surface area (Å²) in [5.41, 5.74) is 1.67. The molecule has 0 aliphatic rings. The maximum absolute atomic E-state index is 11.4. The van der Waals surface area contributed by atoms with Crippen molar-refractivity contribution in [1.82, 2.24) is 0 Å². The monoisotopic (exact) mass is 241 g/mol. The molecule has 0 atom stereocenters. The van der Waals surface area contributed by atoms with Crippen LogP contribution in [-0.4, -0.2) is 18.6 Å². The van der Waals surface area contributed by atoms with Crippen molar-refractivity contribution < 1.29 is 9.53 Å². The van der Waals surface area contributed by atoms with Crippen LogP contribution in [0.2, 0.25) is 5.02 Å². The van der Waals surface area contributed by atoms with Gasteiger partial charge in [0.15, 0.2) is 0 Å². The Morgan fingerprint density at radius 2 is 2.19 bits per heavy atom. The molecule has 0 aliphatic carbocycles. The third-order valence-electron chi connectivity index (χ3n) is 2.00. The van der Waals surface area contributed by atoms with Crippen molar-refractivity contribution in [2.24, 2.45) is 0 Å². The maximum Gasteiger partial charge on any atom is 0.250 e. The Labute approximate surface area is 101 Å². The summed E-state index contributed by atoms with van der Waals surface area (Å²) in [4.78, 5) is 11.4. The lowest BCUT2D eigenvalue weighted by molar-refractivity contribution is -0.121. The lowest BCUT2D eigenvalue weighted by Gasteiger charge is -2.09. The zero-order chi connectivity index (χ0) is 12.1. The average molecular weight is 242 g/mol. The number of benzene rings is 1. The van der Waals surface area contributed by atoms with Crippen molar-refractivity contribution in [3.8, 4) is 0 Å². The van der Waals surface area contributed by atoms with Crippen molar-refractivity contribution in [3.05, 3.63) is 28.8 Å². The minimum Gasteiger partial charge on any atom is -0.369 e. The predicted molar refractivity (Wildman–Crippen MR) is 65.9 cm³/mol. The van der Waals surface area contributed by atoms with E-state index >= 15 is 0 Å². The number of hydrogen-bond acceptors (Lipinski definition) is 2. The van der Waals surface area contributed by atoms with Crippen molar-refractivity contribution >= 4 is 23.2 Å². The third-order valence-corrected chi connectivity index (χ3v) is 2.41. The lowest BCUT2D eigenvalue weighted by Crippen LogP contribution is -2.20. The summed E-state index contributed by atoms with van der Waals surface area (Å²) < 4.78 is 5.18. The van der Waals surface area contributed by atoms with Crippen LogP contribution in [0.15, 0.2) is 18.2 Å². The van der Waals surface area contributed by atoms with E-state index in [0.29, 0.717) is 10.7 Å². The van der Waals surface area contributed by atoms with E-state index in [1.807, 2.05) is 32.9 Å². The molecule has 1 aromatic carbocycles. The molecule has 3 nitrogen and oxygen atoms in total. The fourth-order valence-corrected chi connectivity index (χ4v) is 1.29. The predicted octanol–water partition coefficient (Wildman–Crippen LogP) is 3.01. The van der Waals surface area contributed by atoms with Gasteiger partial charge in [0.2, 0.25) is 5.91 Å². The SMILES string of the molecule is Cc1ccc(NC(=O)COC(C)C)cc1Cl. The van der Waals surface area contributed by atoms with Gasteiger partial charge in [0.25, 0.3) is 0 Å². The van der Waals surface area contributed by atoms with Crippen LogP contribution in [0.4, 0.5) is 5.69 Å². The number of hydrogen-bond donors (Lipinski definition) is 1. The van der Waals surface area contributed by atoms with E-state index in [1.54, 1.807) is 6.07 Å². The third kappa shape index (κ3) is 4.21. The number of carbonyl (C=O) groups is 1. The minimum atomic E-state index is -0.173. The Bertz CT molecular complexity index is 377. The molecule has 0 saturated carbocycles. The van der Waals surface area contributed by atoms with Crippen LogP contribution in [0, 0.1) is 6.92 Å². The second-order valence-electron chi connectivity index (χ2n) is 3.87. The fourth-order valence-electron chi connectivity index (χ4n) is 1.11. The summed E-state index contributed by atoms with van der Waals surface area (Å²) in [5.74, 6) is -0.173. The van der Waals surface area contributed by atoms with Gasteiger partial charge in [-0.2, -0.15) is 0 Å². The molecule has 16 heavy (non-hydrogen) atoms. The molecule has 0 unspecified atom stereocenters. The Morgan fingerprint density at radius 3 is 2.75 bits per heavy atom. The van der Waals surface area contributed by atoms with Crippen LogP contribution in [0.1, 0.15) is 19.4 Å². The summed E-state index contributed by atoms with van der Waals surface area (Å²) in [6.45, 7) is 5.74. The highest BCUT2D eigenvalue weighted by atomic mass is 35.5. The van der Waals surface area contributed by atoms with Crippen molar-refractivity contribution in [1.29, 1.82) is 0 Å². The standard InChI is InChI=1S/C12H16ClNO2/c1-8(2)16-7-12(15)14-10-5-4-9(3)11(13)6-10/h4-6,8H,7H2,1-3H3,(H,14,15). The number of ether oxygens (including phenoxy) is 1. The van der Waals surface area contributed by atoms with Crippen molar-refractivity contribution in [2.75, 3.05) is 11.9 Å². The molecule has 0 heterocycles. The minimum absolute atomic E-state index is 0.0485. The molecule has 0 aromatic heterocycles. The van der Waals surface area contributed by atoms with E-state index in [4.69, 9.17) is 16.3 Å². The normalized spacial score (nSPS) is 10.6. The van der Waals surface area contributed by atoms with E-state index in [9.17, 15) is 4.79 Å². The van der Waals surface area contributed by atoms with Crippen molar-refractivity contribution in [2.45, 2.75) is 26.9 Å². The van der Waals surface area contributed by atoms with E-state index in [1.165, 1.54) is 0 Å². The van der Waals surface area contributed by atoms with Crippen LogP contribution >= 0.6 is 11.6 Å². The van der Waals surface area contributed by atoms with Gasteiger partial charge in [0.1, 0.15) is 6.61 Å². The first kappa shape index (κ1) is 13.0. The number of rotatable bonds is 4. The number of halogens is 1. The maximum atomic E-state index is 11.4. The Morgan fingerprint density at radius 1 is 1.50 bits per heavy atom. The van der Waals surface area contributed by atoms with Gasteiger partial charge >= 0.3 is 0 Å². The zero-order valence-electron chi connectivity index (χ0n) is 9.71. The van der Waals surface area contributed by atoms with Crippen molar-refractivity contribution in [3.63, 3.8) is 0 Å². The smallest absolute Gasteiger partial charge is 0.250 e. The van der Waals surface area contributed by atoms with E-state index in [0.717, 1.165) is 5.56 Å². The summed E-state index contributed by atoms with van der Waals surface area (Å²) in [6.07, 6.45) is 0.0485. The van der Waals surface area contributed by atoms with Gasteiger partial charge in [0, 0.05) is 10.7 Å². The van der Waals surface area contributed by atoms with Gasteiger partial charge < -0.3 is 10.1 Å². The van der Waals surface area contributed by atoms with Crippen LogP contribution in [-0.2, 0) is 9.53 Å². The summed E-state index contributed by atoms with van der Waals surface area (Å²) in [5, 5.41) is 3.36. The highest BCUT2D eigenvalue weighted by Crippen LogP contribution is 2.19. The summed E-state index contributed by atoms with van der Waals surface area (Å²) in [6, 6.07) is 5.40. The molecule has 1 aromatic rings. The molecule has 1 rings (SSSR count). The number of nitrogens with one attached hydrogen (secondary N) is 1. The molecule has 1 amide bonds. The molecular weight excluding hydrogens is 226 g/mol. The molecular formula is C12H16ClNO2. The molecule has 4 heteroatoms. The molecule has 0 spiro atoms.